The van der Waals surface area contributed by atoms with Crippen LogP contribution in [0, 0.1) is 6.92 Å². The summed E-state index contributed by atoms with van der Waals surface area (Å²) in [5, 5.41) is 8.57. The second kappa shape index (κ2) is 8.43. The third kappa shape index (κ3) is 3.63. The van der Waals surface area contributed by atoms with Crippen LogP contribution in [0.25, 0.3) is 39.3 Å². The van der Waals surface area contributed by atoms with Crippen LogP contribution in [-0.4, -0.2) is 30.1 Å². The van der Waals surface area contributed by atoms with Crippen LogP contribution in [0.2, 0.25) is 0 Å². The van der Waals surface area contributed by atoms with Gasteiger partial charge in [0.2, 0.25) is 0 Å². The fraction of sp³-hybridized carbons (Fsp3) is 0.0769. The summed E-state index contributed by atoms with van der Waals surface area (Å²) in [6, 6.07) is 14.1. The molecule has 0 aromatic carbocycles. The van der Waals surface area contributed by atoms with Gasteiger partial charge in [-0.15, -0.1) is 0 Å². The summed E-state index contributed by atoms with van der Waals surface area (Å²) in [6.07, 6.45) is 13.4. The van der Waals surface area contributed by atoms with E-state index < -0.39 is 0 Å². The summed E-state index contributed by atoms with van der Waals surface area (Å²) in [5.74, 6) is 0. The van der Waals surface area contributed by atoms with Crippen LogP contribution in [0.1, 0.15) is 23.7 Å². The summed E-state index contributed by atoms with van der Waals surface area (Å²) in [5.41, 5.74) is 8.76. The monoisotopic (exact) mass is 418 g/mol. The van der Waals surface area contributed by atoms with Crippen LogP contribution in [0.15, 0.2) is 85.5 Å². The van der Waals surface area contributed by atoms with Gasteiger partial charge in [0.1, 0.15) is 5.69 Å². The molecular weight excluding hydrogens is 396 g/mol. The van der Waals surface area contributed by atoms with Crippen LogP contribution in [-0.2, 0) is 0 Å². The van der Waals surface area contributed by atoms with Crippen LogP contribution in [0.3, 0.4) is 0 Å². The Balaban J connectivity index is 1.62. The summed E-state index contributed by atoms with van der Waals surface area (Å²) in [7, 11) is 0. The molecule has 0 aliphatic heterocycles. The van der Waals surface area contributed by atoms with Gasteiger partial charge in [0.05, 0.1) is 11.4 Å². The fourth-order valence-corrected chi connectivity index (χ4v) is 3.81. The molecule has 0 unspecified atom stereocenters. The Morgan fingerprint density at radius 2 is 1.88 bits per heavy atom. The Labute approximate surface area is 185 Å². The van der Waals surface area contributed by atoms with Crippen molar-refractivity contribution in [2.24, 2.45) is 0 Å². The van der Waals surface area contributed by atoms with Crippen molar-refractivity contribution in [1.29, 1.82) is 0 Å². The quantitative estimate of drug-likeness (QED) is 0.357. The second-order valence-corrected chi connectivity index (χ2v) is 7.47. The first-order valence-electron chi connectivity index (χ1n) is 10.4. The predicted octanol–water partition coefficient (Wildman–Crippen LogP) is 5.73. The van der Waals surface area contributed by atoms with Crippen LogP contribution >= 0.6 is 0 Å². The Hall–Kier alpha value is -4.32. The first-order valence-corrected chi connectivity index (χ1v) is 10.4. The molecule has 2 N–H and O–H groups in total. The third-order valence-corrected chi connectivity index (χ3v) is 5.38. The maximum Gasteiger partial charge on any atom is 0.155 e. The van der Waals surface area contributed by atoms with Gasteiger partial charge in [-0.1, -0.05) is 24.3 Å². The molecule has 0 saturated heterocycles. The van der Waals surface area contributed by atoms with Gasteiger partial charge in [-0.05, 0) is 61.4 Å². The third-order valence-electron chi connectivity index (χ3n) is 5.38. The van der Waals surface area contributed by atoms with E-state index in [1.54, 1.807) is 6.20 Å². The molecule has 0 fully saturated rings. The van der Waals surface area contributed by atoms with Crippen LogP contribution in [0.5, 0.6) is 0 Å². The Bertz CT molecular complexity index is 1430. The number of hydrogen-bond donors (Lipinski definition) is 2. The maximum absolute atomic E-state index is 4.57. The van der Waals surface area contributed by atoms with Crippen molar-refractivity contribution in [2.75, 3.05) is 0 Å². The number of nitrogens with zero attached hydrogens (tertiary/aromatic N) is 4. The van der Waals surface area contributed by atoms with Gasteiger partial charge in [-0.2, -0.15) is 5.10 Å². The van der Waals surface area contributed by atoms with Crippen LogP contribution < -0.4 is 0 Å². The minimum absolute atomic E-state index is 0.743. The number of hydrogen-bond acceptors (Lipinski definition) is 4. The number of nitrogens with one attached hydrogen (secondary N) is 2. The largest absolute Gasteiger partial charge is 0.357 e. The summed E-state index contributed by atoms with van der Waals surface area (Å²) < 4.78 is 0. The number of rotatable bonds is 5. The topological polar surface area (TPSA) is 83.1 Å². The number of fused-ring (bicyclic) bond motifs is 1. The Kier molecular flexibility index (Phi) is 5.17. The predicted molar refractivity (Wildman–Crippen MR) is 128 cm³/mol. The van der Waals surface area contributed by atoms with Crippen molar-refractivity contribution in [3.63, 3.8) is 0 Å². The first kappa shape index (κ1) is 19.6. The average molecular weight is 419 g/mol. The van der Waals surface area contributed by atoms with E-state index in [2.05, 4.69) is 61.3 Å². The number of pyridine rings is 3. The van der Waals surface area contributed by atoms with Crippen LogP contribution in [0.4, 0.5) is 0 Å². The highest BCUT2D eigenvalue weighted by atomic mass is 15.2. The lowest BCUT2D eigenvalue weighted by atomic mass is 9.98. The summed E-state index contributed by atoms with van der Waals surface area (Å²) >= 11 is 0. The van der Waals surface area contributed by atoms with E-state index in [1.165, 1.54) is 0 Å². The molecule has 0 radical (unpaired) electrons. The van der Waals surface area contributed by atoms with Crippen molar-refractivity contribution in [3.8, 4) is 22.6 Å². The number of aromatic amines is 2. The highest BCUT2D eigenvalue weighted by molar-refractivity contribution is 5.93. The van der Waals surface area contributed by atoms with Gasteiger partial charge in [-0.3, -0.25) is 15.1 Å². The molecule has 0 amide bonds. The van der Waals surface area contributed by atoms with E-state index in [0.29, 0.717) is 0 Å². The SMILES string of the molecule is C/C=C\C=C(\c1ccncc1)c1cc(-c2n[nH]c3ncc(-c4ccccn4)cc23)[nH]c1C. The van der Waals surface area contributed by atoms with Gasteiger partial charge >= 0.3 is 0 Å². The fourth-order valence-electron chi connectivity index (χ4n) is 3.81. The smallest absolute Gasteiger partial charge is 0.155 e. The van der Waals surface area contributed by atoms with Crippen molar-refractivity contribution in [1.82, 2.24) is 30.1 Å². The van der Waals surface area contributed by atoms with Crippen molar-refractivity contribution >= 4 is 16.6 Å². The number of allylic oxidation sites excluding steroid dienone is 3. The van der Waals surface area contributed by atoms with Crippen molar-refractivity contribution in [3.05, 3.63) is 102 Å². The maximum atomic E-state index is 4.57. The molecule has 6 heteroatoms. The number of aromatic nitrogens is 6. The van der Waals surface area contributed by atoms with E-state index in [0.717, 1.165) is 56.1 Å². The molecule has 156 valence electrons. The standard InChI is InChI=1S/C26H22N6/c1-3-4-7-20(18-9-12-27-13-10-18)21-15-24(30-17(21)2)25-22-14-19(16-29-26(22)32-31-25)23-8-5-6-11-28-23/h3-16,30H,1-2H3,(H,29,31,32)/b4-3-,20-7-. The van der Waals surface area contributed by atoms with Gasteiger partial charge in [0.15, 0.2) is 5.65 Å². The molecule has 32 heavy (non-hydrogen) atoms. The van der Waals surface area contributed by atoms with E-state index in [4.69, 9.17) is 0 Å². The first-order chi connectivity index (χ1) is 15.7. The van der Waals surface area contributed by atoms with E-state index in [1.807, 2.05) is 61.9 Å². The lowest BCUT2D eigenvalue weighted by Gasteiger charge is -2.06. The zero-order chi connectivity index (χ0) is 21.9. The van der Waals surface area contributed by atoms with Crippen molar-refractivity contribution < 1.29 is 0 Å². The molecule has 0 spiro atoms. The summed E-state index contributed by atoms with van der Waals surface area (Å²) in [4.78, 5) is 16.7. The zero-order valence-corrected chi connectivity index (χ0v) is 17.9. The van der Waals surface area contributed by atoms with Gasteiger partial charge in [0.25, 0.3) is 0 Å². The highest BCUT2D eigenvalue weighted by Crippen LogP contribution is 2.33. The number of aryl methyl sites for hydroxylation is 1. The van der Waals surface area contributed by atoms with Gasteiger partial charge < -0.3 is 4.98 Å². The average Bonchev–Trinajstić information content (AvgIpc) is 3.43. The lowest BCUT2D eigenvalue weighted by Crippen LogP contribution is -1.89. The molecule has 6 nitrogen and oxygen atoms in total. The second-order valence-electron chi connectivity index (χ2n) is 7.47. The molecule has 0 atom stereocenters. The molecule has 5 rings (SSSR count). The minimum atomic E-state index is 0.743. The molecule has 0 bridgehead atoms. The normalized spacial score (nSPS) is 12.1. The van der Waals surface area contributed by atoms with Gasteiger partial charge in [0, 0.05) is 47.0 Å². The molecule has 0 aliphatic carbocycles. The highest BCUT2D eigenvalue weighted by Gasteiger charge is 2.17. The van der Waals surface area contributed by atoms with Gasteiger partial charge in [-0.25, -0.2) is 4.98 Å². The van der Waals surface area contributed by atoms with E-state index in [9.17, 15) is 0 Å². The molecule has 5 heterocycles. The lowest BCUT2D eigenvalue weighted by molar-refractivity contribution is 1.09. The molecular formula is C26H22N6. The Morgan fingerprint density at radius 3 is 2.66 bits per heavy atom. The zero-order valence-electron chi connectivity index (χ0n) is 17.9. The molecule has 5 aromatic heterocycles. The number of H-pyrrole nitrogens is 2. The molecule has 0 aliphatic rings. The summed E-state index contributed by atoms with van der Waals surface area (Å²) in [6.45, 7) is 4.09. The molecule has 5 aromatic rings. The minimum Gasteiger partial charge on any atom is -0.357 e. The Morgan fingerprint density at radius 1 is 1.00 bits per heavy atom. The van der Waals surface area contributed by atoms with Crippen molar-refractivity contribution in [2.45, 2.75) is 13.8 Å². The van der Waals surface area contributed by atoms with E-state index in [-0.39, 0.29) is 0 Å². The molecule has 0 saturated carbocycles. The van der Waals surface area contributed by atoms with E-state index >= 15 is 0 Å².